The van der Waals surface area contributed by atoms with E-state index >= 15 is 0 Å². The van der Waals surface area contributed by atoms with Gasteiger partial charge in [0, 0.05) is 18.6 Å². The number of aliphatic hydroxyl groups is 8. The number of rotatable bonds is 22. The quantitative estimate of drug-likeness (QED) is 0.0522. The Morgan fingerprint density at radius 1 is 0.698 bits per heavy atom. The van der Waals surface area contributed by atoms with E-state index in [0.29, 0.717) is 0 Å². The number of carboxylic acid groups (broad SMARTS) is 2. The molecule has 0 fully saturated rings. The number of thioether (sulfide) groups is 1. The molecule has 0 aromatic rings. The molecule has 0 aromatic carbocycles. The number of carbonyl (C=O) groups is 6. The van der Waals surface area contributed by atoms with Gasteiger partial charge in [0.15, 0.2) is 5.78 Å². The fraction of sp³-hybridized carbons (Fsp3) is 0.750. The van der Waals surface area contributed by atoms with Crippen LogP contribution in [0.4, 0.5) is 0 Å². The van der Waals surface area contributed by atoms with Gasteiger partial charge < -0.3 is 66.5 Å². The largest absolute Gasteiger partial charge is 0.481 e. The summed E-state index contributed by atoms with van der Waals surface area (Å²) in [7, 11) is 0. The van der Waals surface area contributed by atoms with Crippen LogP contribution in [0.15, 0.2) is 0 Å². The Labute approximate surface area is 249 Å². The molecule has 19 heteroatoms. The second-order valence-electron chi connectivity index (χ2n) is 9.78. The summed E-state index contributed by atoms with van der Waals surface area (Å²) in [6.45, 7) is -1.12. The van der Waals surface area contributed by atoms with Crippen molar-refractivity contribution < 1.29 is 79.8 Å². The second kappa shape index (κ2) is 19.5. The number of ketones is 2. The van der Waals surface area contributed by atoms with Crippen LogP contribution in [0, 0.1) is 11.8 Å². The van der Waals surface area contributed by atoms with Crippen molar-refractivity contribution in [2.75, 3.05) is 25.2 Å². The number of carbonyl (C=O) groups excluding carboxylic acids is 4. The van der Waals surface area contributed by atoms with Gasteiger partial charge in [0.25, 0.3) is 0 Å². The lowest BCUT2D eigenvalue weighted by atomic mass is 9.89. The van der Waals surface area contributed by atoms with Gasteiger partial charge >= 0.3 is 11.9 Å². The number of hydrogen-bond donors (Lipinski definition) is 12. The maximum absolute atomic E-state index is 12.9. The zero-order valence-corrected chi connectivity index (χ0v) is 24.2. The normalized spacial score (nSPS) is 18.5. The van der Waals surface area contributed by atoms with E-state index < -0.39 is 128 Å². The third-order valence-corrected chi connectivity index (χ3v) is 7.03. The van der Waals surface area contributed by atoms with Gasteiger partial charge in [-0.3, -0.25) is 19.2 Å². The molecule has 0 heterocycles. The Balaban J connectivity index is 6.04. The summed E-state index contributed by atoms with van der Waals surface area (Å²) < 4.78 is 0. The summed E-state index contributed by atoms with van der Waals surface area (Å²) in [5, 5.41) is 101. The van der Waals surface area contributed by atoms with E-state index in [2.05, 4.69) is 0 Å². The lowest BCUT2D eigenvalue weighted by Crippen LogP contribution is -2.57. The van der Waals surface area contributed by atoms with E-state index in [4.69, 9.17) is 10.2 Å². The molecule has 0 bridgehead atoms. The molecule has 0 aliphatic carbocycles. The minimum absolute atomic E-state index is 0.0654. The highest BCUT2D eigenvalue weighted by Gasteiger charge is 2.40. The van der Waals surface area contributed by atoms with Gasteiger partial charge in [-0.1, -0.05) is 0 Å². The highest BCUT2D eigenvalue weighted by atomic mass is 32.2. The zero-order chi connectivity index (χ0) is 33.6. The molecule has 0 aliphatic heterocycles. The predicted octanol–water partition coefficient (Wildman–Crippen LogP) is -5.80. The number of hydrogen-bond acceptors (Lipinski definition) is 15. The van der Waals surface area contributed by atoms with Crippen LogP contribution < -0.4 is 10.6 Å². The Hall–Kier alpha value is -2.75. The Bertz CT molecular complexity index is 968. The molecule has 43 heavy (non-hydrogen) atoms. The monoisotopic (exact) mass is 644 g/mol. The molecule has 2 amide bonds. The summed E-state index contributed by atoms with van der Waals surface area (Å²) in [6, 6.07) is -4.22. The first-order valence-corrected chi connectivity index (χ1v) is 14.2. The molecular weight excluding hydrogens is 604 g/mol. The summed E-state index contributed by atoms with van der Waals surface area (Å²) in [4.78, 5) is 73.5. The van der Waals surface area contributed by atoms with Gasteiger partial charge in [-0.05, 0) is 13.2 Å². The van der Waals surface area contributed by atoms with Crippen LogP contribution in [-0.4, -0.2) is 160 Å². The molecule has 0 aromatic heterocycles. The van der Waals surface area contributed by atoms with E-state index in [9.17, 15) is 69.6 Å². The highest BCUT2D eigenvalue weighted by Crippen LogP contribution is 2.18. The molecule has 10 atom stereocenters. The van der Waals surface area contributed by atoms with Crippen molar-refractivity contribution in [2.45, 2.75) is 74.9 Å². The van der Waals surface area contributed by atoms with Gasteiger partial charge in [0.05, 0.1) is 37.6 Å². The van der Waals surface area contributed by atoms with Crippen LogP contribution in [-0.2, 0) is 28.8 Å². The van der Waals surface area contributed by atoms with Crippen molar-refractivity contribution >= 4 is 47.1 Å². The van der Waals surface area contributed by atoms with E-state index in [1.807, 2.05) is 10.6 Å². The third-order valence-electron chi connectivity index (χ3n) is 6.29. The van der Waals surface area contributed by atoms with Gasteiger partial charge in [-0.15, -0.1) is 0 Å². The summed E-state index contributed by atoms with van der Waals surface area (Å²) in [5.74, 6) is -11.0. The fourth-order valence-corrected chi connectivity index (χ4v) is 4.49. The average Bonchev–Trinajstić information content (AvgIpc) is 2.95. The smallest absolute Gasteiger partial charge is 0.326 e. The first-order valence-electron chi connectivity index (χ1n) is 12.8. The maximum atomic E-state index is 12.9. The Kier molecular flexibility index (Phi) is 18.3. The second-order valence-corrected chi connectivity index (χ2v) is 10.7. The average molecular weight is 645 g/mol. The number of aliphatic carboxylic acids is 2. The van der Waals surface area contributed by atoms with Gasteiger partial charge in [0.2, 0.25) is 11.8 Å². The third kappa shape index (κ3) is 13.2. The highest BCUT2D eigenvalue weighted by molar-refractivity contribution is 7.98. The molecule has 12 N–H and O–H groups in total. The SMILES string of the molecule is CSC[C@H](CC(=O)[C@@H](NC(=O)C[C@H](NC(=O)[C@@H](CC(C)=O)[C@@H](O)[C@H](O)[C@H](O)CO)C(=O)O)[C@@H](O)[C@H](O)[C@H](O)CO)C(=O)O. The first kappa shape index (κ1) is 40.2. The molecule has 248 valence electrons. The van der Waals surface area contributed by atoms with Crippen molar-refractivity contribution in [1.82, 2.24) is 10.6 Å². The van der Waals surface area contributed by atoms with Gasteiger partial charge in [0.1, 0.15) is 48.4 Å². The molecule has 0 aliphatic rings. The van der Waals surface area contributed by atoms with Crippen molar-refractivity contribution in [1.29, 1.82) is 0 Å². The molecule has 18 nitrogen and oxygen atoms in total. The van der Waals surface area contributed by atoms with Crippen molar-refractivity contribution in [3.63, 3.8) is 0 Å². The Morgan fingerprint density at radius 3 is 1.63 bits per heavy atom. The molecule has 0 rings (SSSR count). The lowest BCUT2D eigenvalue weighted by Gasteiger charge is -2.30. The van der Waals surface area contributed by atoms with E-state index in [-0.39, 0.29) is 5.75 Å². The standard InChI is InChI=1S/C24H40N2O16S/c1-9(29)3-11(18(34)19(35)14(31)6-27)22(38)25-12(24(41)42)5-16(33)26-17(21(37)20(36)15(32)7-28)13(30)4-10(8-43-2)23(39)40/h10-12,14-15,17-21,27-28,31-32,34-37H,3-8H2,1-2H3,(H,25,38)(H,26,33)(H,39,40)(H,41,42)/t10-,11-,12-,14+,15+,17+,18+,19+,20+,21+/m0/s1. The van der Waals surface area contributed by atoms with Gasteiger partial charge in [-0.25, -0.2) is 4.79 Å². The fourth-order valence-electron chi connectivity index (χ4n) is 3.83. The Morgan fingerprint density at radius 2 is 1.21 bits per heavy atom. The number of Topliss-reactive ketones (excluding diaryl/α,β-unsaturated/α-hetero) is 2. The molecule has 0 spiro atoms. The van der Waals surface area contributed by atoms with Crippen LogP contribution in [0.5, 0.6) is 0 Å². The van der Waals surface area contributed by atoms with Crippen LogP contribution >= 0.6 is 11.8 Å². The lowest BCUT2D eigenvalue weighted by molar-refractivity contribution is -0.149. The first-order chi connectivity index (χ1) is 19.9. The van der Waals surface area contributed by atoms with Gasteiger partial charge in [-0.2, -0.15) is 11.8 Å². The predicted molar refractivity (Wildman–Crippen MR) is 144 cm³/mol. The number of amides is 2. The van der Waals surface area contributed by atoms with E-state index in [1.54, 1.807) is 6.26 Å². The molecule has 0 unspecified atom stereocenters. The topological polar surface area (TPSA) is 329 Å². The summed E-state index contributed by atoms with van der Waals surface area (Å²) in [5.41, 5.74) is 0. The molecule has 0 saturated carbocycles. The van der Waals surface area contributed by atoms with E-state index in [0.717, 1.165) is 18.7 Å². The molecular formula is C24H40N2O16S. The molecule has 0 radical (unpaired) electrons. The number of nitrogens with one attached hydrogen (secondary N) is 2. The zero-order valence-electron chi connectivity index (χ0n) is 23.3. The number of carboxylic acids is 2. The van der Waals surface area contributed by atoms with Crippen LogP contribution in [0.3, 0.4) is 0 Å². The number of aliphatic hydroxyl groups excluding tert-OH is 8. The summed E-state index contributed by atoms with van der Waals surface area (Å²) in [6.07, 6.45) is -13.9. The van der Waals surface area contributed by atoms with Crippen molar-refractivity contribution in [3.8, 4) is 0 Å². The van der Waals surface area contributed by atoms with Crippen LogP contribution in [0.1, 0.15) is 26.2 Å². The van der Waals surface area contributed by atoms with Crippen molar-refractivity contribution in [3.05, 3.63) is 0 Å². The van der Waals surface area contributed by atoms with Crippen molar-refractivity contribution in [2.24, 2.45) is 11.8 Å². The minimum Gasteiger partial charge on any atom is -0.481 e. The maximum Gasteiger partial charge on any atom is 0.326 e. The minimum atomic E-state index is -2.31. The van der Waals surface area contributed by atoms with E-state index in [1.165, 1.54) is 0 Å². The van der Waals surface area contributed by atoms with Crippen LogP contribution in [0.25, 0.3) is 0 Å². The molecule has 0 saturated heterocycles. The summed E-state index contributed by atoms with van der Waals surface area (Å²) >= 11 is 1.07. The van der Waals surface area contributed by atoms with Crippen LogP contribution in [0.2, 0.25) is 0 Å².